The molecule has 2 aromatic rings. The zero-order valence-electron chi connectivity index (χ0n) is 14.3. The van der Waals surface area contributed by atoms with Gasteiger partial charge in [0.25, 0.3) is 5.91 Å². The molecular weight excluding hydrogens is 325 g/mol. The van der Waals surface area contributed by atoms with Gasteiger partial charge in [0.1, 0.15) is 5.82 Å². The van der Waals surface area contributed by atoms with Crippen LogP contribution >= 0.6 is 11.3 Å². The minimum absolute atomic E-state index is 0.0250. The zero-order valence-corrected chi connectivity index (χ0v) is 15.1. The maximum Gasteiger partial charge on any atom is 0.264 e. The first-order valence-corrected chi connectivity index (χ1v) is 9.48. The van der Waals surface area contributed by atoms with E-state index in [0.717, 1.165) is 17.5 Å². The summed E-state index contributed by atoms with van der Waals surface area (Å²) in [5.41, 5.74) is 0.690. The van der Waals surface area contributed by atoms with Gasteiger partial charge in [-0.15, -0.1) is 11.3 Å². The standard InChI is InChI=1S/C19H24FNO2S/c1-3-21(13-8-5-4-6-9-13)19(22)18-14(12-23-2)17-15(20)10-7-11-16(17)24-18/h7,10-11,13H,3-6,8-9,12H2,1-2H3. The van der Waals surface area contributed by atoms with Crippen LogP contribution in [-0.2, 0) is 11.3 Å². The van der Waals surface area contributed by atoms with Crippen LogP contribution in [0.1, 0.15) is 54.3 Å². The van der Waals surface area contributed by atoms with E-state index in [1.54, 1.807) is 13.2 Å². The third-order valence-electron chi connectivity index (χ3n) is 4.86. The first-order valence-electron chi connectivity index (χ1n) is 8.67. The lowest BCUT2D eigenvalue weighted by molar-refractivity contribution is 0.0649. The summed E-state index contributed by atoms with van der Waals surface area (Å²) in [5, 5.41) is 0.535. The number of halogens is 1. The number of amides is 1. The summed E-state index contributed by atoms with van der Waals surface area (Å²) in [6.07, 6.45) is 5.75. The number of fused-ring (bicyclic) bond motifs is 1. The molecule has 0 bridgehead atoms. The van der Waals surface area contributed by atoms with E-state index in [1.807, 2.05) is 17.9 Å². The number of benzene rings is 1. The largest absolute Gasteiger partial charge is 0.380 e. The Morgan fingerprint density at radius 3 is 2.75 bits per heavy atom. The zero-order chi connectivity index (χ0) is 17.1. The van der Waals surface area contributed by atoms with Crippen molar-refractivity contribution in [1.82, 2.24) is 4.90 Å². The molecule has 1 amide bonds. The van der Waals surface area contributed by atoms with Crippen molar-refractivity contribution >= 4 is 27.3 Å². The smallest absolute Gasteiger partial charge is 0.264 e. The summed E-state index contributed by atoms with van der Waals surface area (Å²) in [7, 11) is 1.58. The summed E-state index contributed by atoms with van der Waals surface area (Å²) in [6, 6.07) is 5.32. The number of ether oxygens (including phenoxy) is 1. The average molecular weight is 349 g/mol. The van der Waals surface area contributed by atoms with Crippen LogP contribution in [0.3, 0.4) is 0 Å². The summed E-state index contributed by atoms with van der Waals surface area (Å²) in [4.78, 5) is 15.8. The van der Waals surface area contributed by atoms with Crippen molar-refractivity contribution < 1.29 is 13.9 Å². The Balaban J connectivity index is 2.01. The van der Waals surface area contributed by atoms with Crippen molar-refractivity contribution in [3.8, 4) is 0 Å². The SMILES string of the molecule is CCN(C(=O)c1sc2cccc(F)c2c1COC)C1CCCCC1. The van der Waals surface area contributed by atoms with Gasteiger partial charge in [-0.1, -0.05) is 25.3 Å². The molecule has 5 heteroatoms. The number of rotatable bonds is 5. The van der Waals surface area contributed by atoms with Gasteiger partial charge in [0, 0.05) is 35.3 Å². The van der Waals surface area contributed by atoms with E-state index in [2.05, 4.69) is 0 Å². The summed E-state index contributed by atoms with van der Waals surface area (Å²) >= 11 is 1.38. The second kappa shape index (κ2) is 7.62. The molecule has 0 unspecified atom stereocenters. The van der Waals surface area contributed by atoms with Gasteiger partial charge in [0.15, 0.2) is 0 Å². The number of carbonyl (C=O) groups excluding carboxylic acids is 1. The van der Waals surface area contributed by atoms with Crippen LogP contribution in [0.5, 0.6) is 0 Å². The molecule has 3 nitrogen and oxygen atoms in total. The van der Waals surface area contributed by atoms with Crippen LogP contribution in [0.15, 0.2) is 18.2 Å². The third kappa shape index (κ3) is 3.20. The lowest BCUT2D eigenvalue weighted by atomic mass is 9.94. The molecule has 1 aromatic carbocycles. The van der Waals surface area contributed by atoms with Gasteiger partial charge in [0.2, 0.25) is 0 Å². The fraction of sp³-hybridized carbons (Fsp3) is 0.526. The Bertz CT molecular complexity index is 721. The number of carbonyl (C=O) groups is 1. The Morgan fingerprint density at radius 2 is 2.08 bits per heavy atom. The molecule has 1 fully saturated rings. The van der Waals surface area contributed by atoms with E-state index >= 15 is 0 Å². The Hall–Kier alpha value is -1.46. The first-order chi connectivity index (χ1) is 11.7. The molecular formula is C19H24FNO2S. The molecule has 24 heavy (non-hydrogen) atoms. The molecule has 0 atom stereocenters. The minimum atomic E-state index is -0.282. The van der Waals surface area contributed by atoms with E-state index in [9.17, 15) is 9.18 Å². The van der Waals surface area contributed by atoms with E-state index < -0.39 is 0 Å². The molecule has 1 aliphatic carbocycles. The molecule has 3 rings (SSSR count). The number of nitrogens with zero attached hydrogens (tertiary/aromatic N) is 1. The minimum Gasteiger partial charge on any atom is -0.380 e. The highest BCUT2D eigenvalue weighted by Crippen LogP contribution is 2.35. The van der Waals surface area contributed by atoms with Gasteiger partial charge in [-0.25, -0.2) is 4.39 Å². The van der Waals surface area contributed by atoms with Crippen molar-refractivity contribution in [3.63, 3.8) is 0 Å². The molecule has 0 N–H and O–H groups in total. The van der Waals surface area contributed by atoms with Gasteiger partial charge in [-0.2, -0.15) is 0 Å². The maximum atomic E-state index is 14.3. The normalized spacial score (nSPS) is 15.8. The Morgan fingerprint density at radius 1 is 1.33 bits per heavy atom. The van der Waals surface area contributed by atoms with E-state index in [1.165, 1.54) is 36.7 Å². The van der Waals surface area contributed by atoms with Crippen LogP contribution in [0, 0.1) is 5.82 Å². The molecule has 1 aliphatic rings. The molecule has 0 saturated heterocycles. The highest BCUT2D eigenvalue weighted by molar-refractivity contribution is 7.21. The monoisotopic (exact) mass is 349 g/mol. The number of hydrogen-bond acceptors (Lipinski definition) is 3. The molecule has 0 spiro atoms. The first kappa shape index (κ1) is 17.4. The lowest BCUT2D eigenvalue weighted by Crippen LogP contribution is -2.41. The van der Waals surface area contributed by atoms with E-state index in [-0.39, 0.29) is 18.3 Å². The number of methoxy groups -OCH3 is 1. The number of thiophene rings is 1. The molecule has 1 heterocycles. The average Bonchev–Trinajstić information content (AvgIpc) is 2.97. The Kier molecular flexibility index (Phi) is 5.51. The third-order valence-corrected chi connectivity index (χ3v) is 6.05. The maximum absolute atomic E-state index is 14.3. The molecule has 130 valence electrons. The van der Waals surface area contributed by atoms with Crippen molar-refractivity contribution in [2.45, 2.75) is 51.7 Å². The quantitative estimate of drug-likeness (QED) is 0.762. The van der Waals surface area contributed by atoms with Crippen molar-refractivity contribution in [3.05, 3.63) is 34.5 Å². The van der Waals surface area contributed by atoms with E-state index in [0.29, 0.717) is 28.4 Å². The van der Waals surface area contributed by atoms with Crippen molar-refractivity contribution in [1.29, 1.82) is 0 Å². The van der Waals surface area contributed by atoms with Crippen LogP contribution in [0.2, 0.25) is 0 Å². The highest BCUT2D eigenvalue weighted by Gasteiger charge is 2.29. The molecule has 1 aromatic heterocycles. The van der Waals surface area contributed by atoms with Crippen LogP contribution < -0.4 is 0 Å². The van der Waals surface area contributed by atoms with Gasteiger partial charge in [-0.3, -0.25) is 4.79 Å². The summed E-state index contributed by atoms with van der Waals surface area (Å²) in [5.74, 6) is -0.257. The van der Waals surface area contributed by atoms with Crippen LogP contribution in [0.4, 0.5) is 4.39 Å². The van der Waals surface area contributed by atoms with Crippen molar-refractivity contribution in [2.75, 3.05) is 13.7 Å². The predicted molar refractivity (Wildman–Crippen MR) is 96.1 cm³/mol. The van der Waals surface area contributed by atoms with Gasteiger partial charge in [0.05, 0.1) is 11.5 Å². The summed E-state index contributed by atoms with van der Waals surface area (Å²) < 4.78 is 20.4. The number of hydrogen-bond donors (Lipinski definition) is 0. The molecule has 0 radical (unpaired) electrons. The highest BCUT2D eigenvalue weighted by atomic mass is 32.1. The lowest BCUT2D eigenvalue weighted by Gasteiger charge is -2.33. The summed E-state index contributed by atoms with van der Waals surface area (Å²) in [6.45, 7) is 2.97. The van der Waals surface area contributed by atoms with Crippen molar-refractivity contribution in [2.24, 2.45) is 0 Å². The Labute approximate surface area is 146 Å². The predicted octanol–water partition coefficient (Wildman–Crippen LogP) is 4.98. The molecule has 1 saturated carbocycles. The van der Waals surface area contributed by atoms with E-state index in [4.69, 9.17) is 4.74 Å². The second-order valence-electron chi connectivity index (χ2n) is 6.34. The van der Waals surface area contributed by atoms with Gasteiger partial charge >= 0.3 is 0 Å². The van der Waals surface area contributed by atoms with Gasteiger partial charge in [-0.05, 0) is 31.9 Å². The molecule has 0 aliphatic heterocycles. The van der Waals surface area contributed by atoms with Gasteiger partial charge < -0.3 is 9.64 Å². The second-order valence-corrected chi connectivity index (χ2v) is 7.39. The van der Waals surface area contributed by atoms with Crippen LogP contribution in [0.25, 0.3) is 10.1 Å². The fourth-order valence-corrected chi connectivity index (χ4v) is 4.89. The van der Waals surface area contributed by atoms with Crippen LogP contribution in [-0.4, -0.2) is 30.5 Å². The fourth-order valence-electron chi connectivity index (χ4n) is 3.71. The topological polar surface area (TPSA) is 29.5 Å².